The number of rotatable bonds is 4. The van der Waals surface area contributed by atoms with E-state index < -0.39 is 5.91 Å². The van der Waals surface area contributed by atoms with Gasteiger partial charge in [-0.2, -0.15) is 0 Å². The number of benzene rings is 2. The van der Waals surface area contributed by atoms with Gasteiger partial charge in [0.15, 0.2) is 10.9 Å². The maximum Gasteiger partial charge on any atom is 0.257 e. The summed E-state index contributed by atoms with van der Waals surface area (Å²) in [5.74, 6) is 0.226. The third kappa shape index (κ3) is 4.66. The normalized spacial score (nSPS) is 10.1. The van der Waals surface area contributed by atoms with Gasteiger partial charge in [-0.05, 0) is 36.5 Å². The van der Waals surface area contributed by atoms with Gasteiger partial charge >= 0.3 is 0 Å². The standard InChI is InChI=1S/C16H14Cl2N2O4S/c1-23-9-3-4-13(21)12(7-9)19-16(25)20-15(22)8-5-10(17)14(24-2)11(18)6-8/h3-7,21H,1-2H3,(H2,19,20,22,25). The lowest BCUT2D eigenvalue weighted by Gasteiger charge is -2.13. The lowest BCUT2D eigenvalue weighted by molar-refractivity contribution is 0.0977. The highest BCUT2D eigenvalue weighted by Gasteiger charge is 2.15. The van der Waals surface area contributed by atoms with Crippen LogP contribution in [0.2, 0.25) is 10.0 Å². The Morgan fingerprint density at radius 1 is 1.12 bits per heavy atom. The molecule has 9 heteroatoms. The number of nitrogens with one attached hydrogen (secondary N) is 2. The summed E-state index contributed by atoms with van der Waals surface area (Å²) in [7, 11) is 2.92. The molecule has 0 radical (unpaired) electrons. The molecule has 0 heterocycles. The first-order valence-electron chi connectivity index (χ1n) is 6.88. The molecule has 0 unspecified atom stereocenters. The summed E-state index contributed by atoms with van der Waals surface area (Å²) in [6.07, 6.45) is 0. The molecule has 0 aliphatic rings. The number of thiocarbonyl (C=S) groups is 1. The fraction of sp³-hybridized carbons (Fsp3) is 0.125. The molecule has 2 rings (SSSR count). The first-order valence-corrected chi connectivity index (χ1v) is 8.04. The van der Waals surface area contributed by atoms with Crippen molar-refractivity contribution in [2.45, 2.75) is 0 Å². The molecule has 132 valence electrons. The summed E-state index contributed by atoms with van der Waals surface area (Å²) in [5, 5.41) is 15.4. The van der Waals surface area contributed by atoms with Gasteiger partial charge in [0.05, 0.1) is 30.0 Å². The summed E-state index contributed by atoms with van der Waals surface area (Å²) in [4.78, 5) is 12.3. The molecule has 0 bridgehead atoms. The van der Waals surface area contributed by atoms with Crippen molar-refractivity contribution in [3.63, 3.8) is 0 Å². The molecule has 0 atom stereocenters. The maximum absolute atomic E-state index is 12.3. The molecule has 1 amide bonds. The zero-order valence-electron chi connectivity index (χ0n) is 13.2. The van der Waals surface area contributed by atoms with E-state index in [9.17, 15) is 9.90 Å². The zero-order chi connectivity index (χ0) is 18.6. The highest BCUT2D eigenvalue weighted by molar-refractivity contribution is 7.80. The molecule has 0 saturated carbocycles. The number of methoxy groups -OCH3 is 2. The van der Waals surface area contributed by atoms with E-state index in [1.165, 1.54) is 38.5 Å². The van der Waals surface area contributed by atoms with Gasteiger partial charge < -0.3 is 19.9 Å². The van der Waals surface area contributed by atoms with Crippen molar-refractivity contribution in [3.8, 4) is 17.2 Å². The van der Waals surface area contributed by atoms with Crippen LogP contribution in [0.5, 0.6) is 17.2 Å². The van der Waals surface area contributed by atoms with Crippen LogP contribution in [0.3, 0.4) is 0 Å². The van der Waals surface area contributed by atoms with Crippen molar-refractivity contribution in [2.75, 3.05) is 19.5 Å². The quantitative estimate of drug-likeness (QED) is 0.534. The average Bonchev–Trinajstić information content (AvgIpc) is 2.56. The van der Waals surface area contributed by atoms with Crippen LogP contribution in [0, 0.1) is 0 Å². The van der Waals surface area contributed by atoms with Crippen LogP contribution < -0.4 is 20.1 Å². The number of phenolic OH excluding ortho intramolecular Hbond substituents is 1. The molecular weight excluding hydrogens is 387 g/mol. The number of carbonyl (C=O) groups is 1. The van der Waals surface area contributed by atoms with Gasteiger partial charge in [-0.25, -0.2) is 0 Å². The van der Waals surface area contributed by atoms with Crippen molar-refractivity contribution in [1.82, 2.24) is 5.32 Å². The van der Waals surface area contributed by atoms with Crippen LogP contribution in [-0.4, -0.2) is 30.3 Å². The van der Waals surface area contributed by atoms with Crippen LogP contribution in [-0.2, 0) is 0 Å². The second kappa shape index (κ2) is 8.24. The number of aromatic hydroxyl groups is 1. The number of amides is 1. The van der Waals surface area contributed by atoms with Crippen LogP contribution in [0.4, 0.5) is 5.69 Å². The van der Waals surface area contributed by atoms with Crippen molar-refractivity contribution in [1.29, 1.82) is 0 Å². The Balaban J connectivity index is 2.12. The number of carbonyl (C=O) groups excluding carboxylic acids is 1. The molecule has 3 N–H and O–H groups in total. The lowest BCUT2D eigenvalue weighted by Crippen LogP contribution is -2.34. The topological polar surface area (TPSA) is 79.8 Å². The summed E-state index contributed by atoms with van der Waals surface area (Å²) in [6.45, 7) is 0. The molecule has 0 aliphatic heterocycles. The fourth-order valence-electron chi connectivity index (χ4n) is 1.96. The van der Waals surface area contributed by atoms with E-state index in [0.717, 1.165) is 0 Å². The number of phenols is 1. The molecule has 0 spiro atoms. The van der Waals surface area contributed by atoms with E-state index in [2.05, 4.69) is 10.6 Å². The van der Waals surface area contributed by atoms with Crippen LogP contribution in [0.15, 0.2) is 30.3 Å². The number of halogens is 2. The number of hydrogen-bond donors (Lipinski definition) is 3. The van der Waals surface area contributed by atoms with Crippen LogP contribution in [0.1, 0.15) is 10.4 Å². The first-order chi connectivity index (χ1) is 11.8. The Kier molecular flexibility index (Phi) is 6.30. The minimum absolute atomic E-state index is 0.0170. The van der Waals surface area contributed by atoms with Gasteiger partial charge in [-0.15, -0.1) is 0 Å². The largest absolute Gasteiger partial charge is 0.506 e. The zero-order valence-corrected chi connectivity index (χ0v) is 15.6. The van der Waals surface area contributed by atoms with Gasteiger partial charge in [0.1, 0.15) is 11.5 Å². The van der Waals surface area contributed by atoms with Gasteiger partial charge in [-0.3, -0.25) is 10.1 Å². The number of hydrogen-bond acceptors (Lipinski definition) is 5. The van der Waals surface area contributed by atoms with Gasteiger partial charge in [0.25, 0.3) is 5.91 Å². The summed E-state index contributed by atoms with van der Waals surface area (Å²) < 4.78 is 10.1. The fourth-order valence-corrected chi connectivity index (χ4v) is 2.80. The molecule has 6 nitrogen and oxygen atoms in total. The van der Waals surface area contributed by atoms with E-state index in [4.69, 9.17) is 44.9 Å². The van der Waals surface area contributed by atoms with Crippen LogP contribution >= 0.6 is 35.4 Å². The number of anilines is 1. The van der Waals surface area contributed by atoms with Crippen LogP contribution in [0.25, 0.3) is 0 Å². The Labute approximate surface area is 159 Å². The Morgan fingerprint density at radius 2 is 1.76 bits per heavy atom. The minimum atomic E-state index is -0.522. The third-order valence-corrected chi connectivity index (χ3v) is 3.91. The van der Waals surface area contributed by atoms with Gasteiger partial charge in [0.2, 0.25) is 0 Å². The SMILES string of the molecule is COc1ccc(O)c(NC(=S)NC(=O)c2cc(Cl)c(OC)c(Cl)c2)c1. The molecular formula is C16H14Cl2N2O4S. The van der Waals surface area contributed by atoms with Gasteiger partial charge in [-0.1, -0.05) is 23.2 Å². The predicted octanol–water partition coefficient (Wildman–Crippen LogP) is 3.84. The van der Waals surface area contributed by atoms with E-state index >= 15 is 0 Å². The van der Waals surface area contributed by atoms with Crippen molar-refractivity contribution in [2.24, 2.45) is 0 Å². The lowest BCUT2D eigenvalue weighted by atomic mass is 10.2. The molecule has 0 saturated heterocycles. The third-order valence-electron chi connectivity index (χ3n) is 3.14. The average molecular weight is 401 g/mol. The summed E-state index contributed by atoms with van der Waals surface area (Å²) in [6, 6.07) is 7.38. The first kappa shape index (κ1) is 19.1. The highest BCUT2D eigenvalue weighted by Crippen LogP contribution is 2.33. The number of ether oxygens (including phenoxy) is 2. The summed E-state index contributed by atoms with van der Waals surface area (Å²) >= 11 is 17.1. The molecule has 0 fully saturated rings. The van der Waals surface area contributed by atoms with Crippen molar-refractivity contribution in [3.05, 3.63) is 45.9 Å². The van der Waals surface area contributed by atoms with E-state index in [1.807, 2.05) is 0 Å². The monoisotopic (exact) mass is 400 g/mol. The Morgan fingerprint density at radius 3 is 2.32 bits per heavy atom. The second-order valence-electron chi connectivity index (χ2n) is 4.76. The maximum atomic E-state index is 12.3. The summed E-state index contributed by atoms with van der Waals surface area (Å²) in [5.41, 5.74) is 0.491. The Hall–Kier alpha value is -2.22. The molecule has 2 aromatic rings. The molecule has 25 heavy (non-hydrogen) atoms. The van der Waals surface area contributed by atoms with E-state index in [1.54, 1.807) is 6.07 Å². The minimum Gasteiger partial charge on any atom is -0.506 e. The van der Waals surface area contributed by atoms with E-state index in [0.29, 0.717) is 5.75 Å². The van der Waals surface area contributed by atoms with Crippen molar-refractivity contribution < 1.29 is 19.4 Å². The molecule has 0 aliphatic carbocycles. The predicted molar refractivity (Wildman–Crippen MR) is 101 cm³/mol. The van der Waals surface area contributed by atoms with Crippen molar-refractivity contribution >= 4 is 52.1 Å². The van der Waals surface area contributed by atoms with E-state index in [-0.39, 0.29) is 37.9 Å². The van der Waals surface area contributed by atoms with Gasteiger partial charge in [0, 0.05) is 11.6 Å². The molecule has 0 aromatic heterocycles. The Bertz CT molecular complexity index is 807. The second-order valence-corrected chi connectivity index (χ2v) is 5.99. The smallest absolute Gasteiger partial charge is 0.257 e. The highest BCUT2D eigenvalue weighted by atomic mass is 35.5. The molecule has 2 aromatic carbocycles.